The number of benzene rings is 1. The van der Waals surface area contributed by atoms with Crippen LogP contribution in [0.5, 0.6) is 0 Å². The number of hydrogen-bond donors (Lipinski definition) is 3. The molecule has 2 atom stereocenters. The Bertz CT molecular complexity index is 481. The summed E-state index contributed by atoms with van der Waals surface area (Å²) in [6.45, 7) is 3.36. The largest absolute Gasteiger partial charge is 0.394 e. The monoisotopic (exact) mass is 327 g/mol. The maximum absolute atomic E-state index is 9.21. The van der Waals surface area contributed by atoms with Crippen molar-refractivity contribution in [1.29, 1.82) is 5.41 Å². The summed E-state index contributed by atoms with van der Waals surface area (Å²) in [6.07, 6.45) is -0.151. The Morgan fingerprint density at radius 1 is 1.63 bits per heavy atom. The molecular formula is C13H18BrN3O2. The highest BCUT2D eigenvalue weighted by molar-refractivity contribution is 9.10. The first-order valence-electron chi connectivity index (χ1n) is 6.16. The van der Waals surface area contributed by atoms with Gasteiger partial charge in [-0.15, -0.1) is 0 Å². The van der Waals surface area contributed by atoms with E-state index in [0.29, 0.717) is 18.7 Å². The highest BCUT2D eigenvalue weighted by atomic mass is 79.9. The molecule has 2 unspecified atom stereocenters. The van der Waals surface area contributed by atoms with Crippen molar-refractivity contribution < 1.29 is 9.84 Å². The lowest BCUT2D eigenvalue weighted by Gasteiger charge is -2.39. The smallest absolute Gasteiger partial charge is 0.123 e. The Labute approximate surface area is 121 Å². The molecule has 1 aliphatic heterocycles. The molecule has 1 saturated heterocycles. The number of ether oxygens (including phenoxy) is 1. The molecule has 0 amide bonds. The van der Waals surface area contributed by atoms with E-state index in [1.54, 1.807) is 0 Å². The molecule has 0 radical (unpaired) electrons. The van der Waals surface area contributed by atoms with Gasteiger partial charge in [0.15, 0.2) is 0 Å². The van der Waals surface area contributed by atoms with E-state index in [4.69, 9.17) is 15.9 Å². The van der Waals surface area contributed by atoms with E-state index >= 15 is 0 Å². The lowest BCUT2D eigenvalue weighted by molar-refractivity contribution is -0.0103. The molecule has 1 aromatic rings. The average Bonchev–Trinajstić information content (AvgIpc) is 2.38. The minimum atomic E-state index is -0.151. The second-order valence-corrected chi connectivity index (χ2v) is 5.57. The van der Waals surface area contributed by atoms with Gasteiger partial charge < -0.3 is 20.5 Å². The molecule has 0 spiro atoms. The van der Waals surface area contributed by atoms with Crippen LogP contribution in [0.4, 0.5) is 5.69 Å². The Morgan fingerprint density at radius 2 is 2.37 bits per heavy atom. The third-order valence-electron chi connectivity index (χ3n) is 3.28. The predicted octanol–water partition coefficient (Wildman–Crippen LogP) is 1.32. The molecular weight excluding hydrogens is 310 g/mol. The fourth-order valence-electron chi connectivity index (χ4n) is 2.19. The molecule has 4 N–H and O–H groups in total. The molecule has 5 nitrogen and oxygen atoms in total. The summed E-state index contributed by atoms with van der Waals surface area (Å²) in [5.41, 5.74) is 7.22. The fraction of sp³-hybridized carbons (Fsp3) is 0.462. The Balaban J connectivity index is 2.25. The molecule has 1 fully saturated rings. The number of rotatable bonds is 3. The van der Waals surface area contributed by atoms with Gasteiger partial charge in [0, 0.05) is 28.3 Å². The van der Waals surface area contributed by atoms with Gasteiger partial charge in [-0.05, 0) is 41.1 Å². The zero-order chi connectivity index (χ0) is 14.0. The van der Waals surface area contributed by atoms with Crippen molar-refractivity contribution in [2.75, 3.05) is 24.7 Å². The highest BCUT2D eigenvalue weighted by Gasteiger charge is 2.26. The predicted molar refractivity (Wildman–Crippen MR) is 78.8 cm³/mol. The number of aliphatic hydroxyl groups is 1. The maximum Gasteiger partial charge on any atom is 0.123 e. The van der Waals surface area contributed by atoms with Crippen molar-refractivity contribution in [2.45, 2.75) is 19.1 Å². The van der Waals surface area contributed by atoms with E-state index in [0.717, 1.165) is 10.2 Å². The quantitative estimate of drug-likeness (QED) is 0.577. The zero-order valence-corrected chi connectivity index (χ0v) is 12.4. The molecule has 104 valence electrons. The summed E-state index contributed by atoms with van der Waals surface area (Å²) in [5, 5.41) is 16.7. The first-order valence-corrected chi connectivity index (χ1v) is 6.95. The molecule has 19 heavy (non-hydrogen) atoms. The van der Waals surface area contributed by atoms with E-state index in [1.165, 1.54) is 0 Å². The van der Waals surface area contributed by atoms with Gasteiger partial charge in [0.05, 0.1) is 19.3 Å². The van der Waals surface area contributed by atoms with Gasteiger partial charge in [-0.2, -0.15) is 0 Å². The number of hydrogen-bond acceptors (Lipinski definition) is 4. The third kappa shape index (κ3) is 3.08. The molecule has 2 rings (SSSR count). The Kier molecular flexibility index (Phi) is 4.44. The number of anilines is 1. The number of nitrogens with two attached hydrogens (primary N) is 1. The van der Waals surface area contributed by atoms with Crippen LogP contribution in [0.3, 0.4) is 0 Å². The Morgan fingerprint density at radius 3 is 2.95 bits per heavy atom. The molecule has 0 bridgehead atoms. The third-order valence-corrected chi connectivity index (χ3v) is 3.94. The first kappa shape index (κ1) is 14.3. The molecule has 1 aromatic carbocycles. The van der Waals surface area contributed by atoms with Gasteiger partial charge in [0.2, 0.25) is 0 Å². The van der Waals surface area contributed by atoms with Crippen LogP contribution in [0.1, 0.15) is 12.5 Å². The summed E-state index contributed by atoms with van der Waals surface area (Å²) in [5.74, 6) is 0.0432. The minimum Gasteiger partial charge on any atom is -0.394 e. The summed E-state index contributed by atoms with van der Waals surface area (Å²) in [4.78, 5) is 2.19. The van der Waals surface area contributed by atoms with Crippen molar-refractivity contribution in [2.24, 2.45) is 5.73 Å². The topological polar surface area (TPSA) is 82.6 Å². The van der Waals surface area contributed by atoms with E-state index < -0.39 is 0 Å². The maximum atomic E-state index is 9.21. The number of amidine groups is 1. The van der Waals surface area contributed by atoms with E-state index in [2.05, 4.69) is 27.8 Å². The molecule has 0 aromatic heterocycles. The average molecular weight is 328 g/mol. The van der Waals surface area contributed by atoms with Gasteiger partial charge >= 0.3 is 0 Å². The second kappa shape index (κ2) is 5.90. The normalized spacial score (nSPS) is 23.4. The van der Waals surface area contributed by atoms with E-state index in [9.17, 15) is 5.11 Å². The number of halogens is 1. The zero-order valence-electron chi connectivity index (χ0n) is 10.8. The fourth-order valence-corrected chi connectivity index (χ4v) is 2.77. The van der Waals surface area contributed by atoms with Gasteiger partial charge in [-0.25, -0.2) is 0 Å². The lowest BCUT2D eigenvalue weighted by atomic mass is 10.1. The van der Waals surface area contributed by atoms with Crippen LogP contribution < -0.4 is 10.6 Å². The van der Waals surface area contributed by atoms with Gasteiger partial charge in [-0.1, -0.05) is 0 Å². The summed E-state index contributed by atoms with van der Waals surface area (Å²) < 4.78 is 6.33. The van der Waals surface area contributed by atoms with E-state index in [-0.39, 0.29) is 24.6 Å². The second-order valence-electron chi connectivity index (χ2n) is 4.72. The standard InChI is InChI=1S/C13H18BrN3O2/c1-8-7-19-10(6-18)5-17(8)9-2-3-11(13(15)16)12(14)4-9/h2-4,8,10,18H,5-7H2,1H3,(H3,15,16). The van der Waals surface area contributed by atoms with Crippen molar-refractivity contribution in [3.8, 4) is 0 Å². The Hall–Kier alpha value is -1.11. The lowest BCUT2D eigenvalue weighted by Crippen LogP contribution is -2.49. The van der Waals surface area contributed by atoms with Gasteiger partial charge in [0.1, 0.15) is 5.84 Å². The minimum absolute atomic E-state index is 0.0237. The van der Waals surface area contributed by atoms with E-state index in [1.807, 2.05) is 18.2 Å². The SMILES string of the molecule is CC1COC(CO)CN1c1ccc(C(=N)N)c(Br)c1. The van der Waals surface area contributed by atoms with Crippen molar-refractivity contribution in [1.82, 2.24) is 0 Å². The number of nitrogens with zero attached hydrogens (tertiary/aromatic N) is 1. The van der Waals surface area contributed by atoms with Gasteiger partial charge in [0.25, 0.3) is 0 Å². The number of morpholine rings is 1. The van der Waals surface area contributed by atoms with Crippen molar-refractivity contribution >= 4 is 27.5 Å². The van der Waals surface area contributed by atoms with Crippen molar-refractivity contribution in [3.05, 3.63) is 28.2 Å². The van der Waals surface area contributed by atoms with Crippen LogP contribution >= 0.6 is 15.9 Å². The van der Waals surface area contributed by atoms with Crippen LogP contribution in [-0.2, 0) is 4.74 Å². The number of nitrogens with one attached hydrogen (secondary N) is 1. The van der Waals surface area contributed by atoms with Crippen LogP contribution in [-0.4, -0.2) is 42.8 Å². The van der Waals surface area contributed by atoms with Crippen LogP contribution in [0.25, 0.3) is 0 Å². The molecule has 1 aliphatic rings. The summed E-state index contributed by atoms with van der Waals surface area (Å²) in [7, 11) is 0. The van der Waals surface area contributed by atoms with Crippen LogP contribution in [0, 0.1) is 5.41 Å². The van der Waals surface area contributed by atoms with Crippen molar-refractivity contribution in [3.63, 3.8) is 0 Å². The molecule has 6 heteroatoms. The highest BCUT2D eigenvalue weighted by Crippen LogP contribution is 2.27. The summed E-state index contributed by atoms with van der Waals surface area (Å²) in [6, 6.07) is 5.97. The summed E-state index contributed by atoms with van der Waals surface area (Å²) >= 11 is 3.44. The molecule has 0 saturated carbocycles. The number of aliphatic hydroxyl groups excluding tert-OH is 1. The van der Waals surface area contributed by atoms with Gasteiger partial charge in [-0.3, -0.25) is 5.41 Å². The molecule has 0 aliphatic carbocycles. The van der Waals surface area contributed by atoms with Crippen LogP contribution in [0.15, 0.2) is 22.7 Å². The van der Waals surface area contributed by atoms with Crippen LogP contribution in [0.2, 0.25) is 0 Å². The number of nitrogen functional groups attached to an aromatic ring is 1. The molecule has 1 heterocycles. The first-order chi connectivity index (χ1) is 9.02.